The van der Waals surface area contributed by atoms with Gasteiger partial charge in [-0.25, -0.2) is 4.98 Å². The Morgan fingerprint density at radius 2 is 2.38 bits per heavy atom. The maximum atomic E-state index is 5.90. The lowest BCUT2D eigenvalue weighted by molar-refractivity contribution is 0.205. The van der Waals surface area contributed by atoms with Gasteiger partial charge in [0.25, 0.3) is 0 Å². The number of aryl methyl sites for hydroxylation is 1. The zero-order valence-corrected chi connectivity index (χ0v) is 16.1. The molecule has 7 nitrogen and oxygen atoms in total. The highest BCUT2D eigenvalue weighted by Gasteiger charge is 2.26. The largest absolute Gasteiger partial charge is 0.472 e. The fraction of sp³-hybridized carbons (Fsp3) is 0.438. The number of aromatic nitrogens is 2. The summed E-state index contributed by atoms with van der Waals surface area (Å²) in [5.41, 5.74) is 0.877. The van der Waals surface area contributed by atoms with Crippen molar-refractivity contribution in [2.24, 2.45) is 4.99 Å². The monoisotopic (exact) mass is 443 g/mol. The number of nitrogens with zero attached hydrogens (tertiary/aromatic N) is 4. The van der Waals surface area contributed by atoms with Gasteiger partial charge in [0.15, 0.2) is 11.7 Å². The molecule has 0 amide bonds. The molecule has 3 rings (SSSR count). The molecule has 1 fully saturated rings. The number of halogens is 1. The fourth-order valence-corrected chi connectivity index (χ4v) is 2.60. The van der Waals surface area contributed by atoms with Gasteiger partial charge in [-0.1, -0.05) is 11.2 Å². The minimum atomic E-state index is 0. The van der Waals surface area contributed by atoms with Gasteiger partial charge in [0.1, 0.15) is 6.10 Å². The predicted molar refractivity (Wildman–Crippen MR) is 102 cm³/mol. The first-order valence-corrected chi connectivity index (χ1v) is 7.70. The second-order valence-electron chi connectivity index (χ2n) is 5.48. The molecule has 1 saturated heterocycles. The maximum Gasteiger partial charge on any atom is 0.213 e. The summed E-state index contributed by atoms with van der Waals surface area (Å²) in [6.45, 7) is 4.15. The molecular formula is C16H22IN5O2. The lowest BCUT2D eigenvalue weighted by Gasteiger charge is -2.21. The SMILES string of the molecule is CN=C(NCc1cc(C)no1)N1CCC(Oc2ccccn2)C1.I. The van der Waals surface area contributed by atoms with Crippen LogP contribution in [0, 0.1) is 6.92 Å². The first kappa shape index (κ1) is 18.5. The Kier molecular flexibility index (Phi) is 6.83. The van der Waals surface area contributed by atoms with Crippen molar-refractivity contribution >= 4 is 29.9 Å². The van der Waals surface area contributed by atoms with E-state index in [-0.39, 0.29) is 30.1 Å². The molecular weight excluding hydrogens is 421 g/mol. The third kappa shape index (κ3) is 4.83. The van der Waals surface area contributed by atoms with Gasteiger partial charge in [-0.2, -0.15) is 0 Å². The Morgan fingerprint density at radius 1 is 1.50 bits per heavy atom. The average molecular weight is 443 g/mol. The van der Waals surface area contributed by atoms with Crippen molar-refractivity contribution in [3.05, 3.63) is 41.9 Å². The van der Waals surface area contributed by atoms with Crippen LogP contribution in [-0.2, 0) is 6.54 Å². The molecule has 1 unspecified atom stereocenters. The van der Waals surface area contributed by atoms with Crippen LogP contribution < -0.4 is 10.1 Å². The van der Waals surface area contributed by atoms with Crippen molar-refractivity contribution in [3.63, 3.8) is 0 Å². The molecule has 24 heavy (non-hydrogen) atoms. The summed E-state index contributed by atoms with van der Waals surface area (Å²) in [5, 5.41) is 7.18. The molecule has 0 saturated carbocycles. The Hall–Kier alpha value is -1.84. The fourth-order valence-electron chi connectivity index (χ4n) is 2.60. The summed E-state index contributed by atoms with van der Waals surface area (Å²) in [5.74, 6) is 2.30. The molecule has 2 aromatic heterocycles. The molecule has 8 heteroatoms. The number of hydrogen-bond acceptors (Lipinski definition) is 5. The Balaban J connectivity index is 0.00000208. The van der Waals surface area contributed by atoms with Crippen molar-refractivity contribution in [1.82, 2.24) is 20.4 Å². The number of rotatable bonds is 4. The van der Waals surface area contributed by atoms with E-state index in [1.54, 1.807) is 13.2 Å². The van der Waals surface area contributed by atoms with Crippen LogP contribution in [0.3, 0.4) is 0 Å². The van der Waals surface area contributed by atoms with Crippen LogP contribution in [-0.4, -0.2) is 47.2 Å². The van der Waals surface area contributed by atoms with Crippen LogP contribution in [0.1, 0.15) is 17.9 Å². The van der Waals surface area contributed by atoms with Gasteiger partial charge in [-0.15, -0.1) is 24.0 Å². The minimum Gasteiger partial charge on any atom is -0.472 e. The number of ether oxygens (including phenoxy) is 1. The van der Waals surface area contributed by atoms with Gasteiger partial charge in [-0.05, 0) is 13.0 Å². The Morgan fingerprint density at radius 3 is 3.04 bits per heavy atom. The Bertz CT molecular complexity index is 661. The van der Waals surface area contributed by atoms with E-state index in [1.165, 1.54) is 0 Å². The molecule has 1 aliphatic heterocycles. The number of pyridine rings is 1. The summed E-state index contributed by atoms with van der Waals surface area (Å²) in [7, 11) is 1.78. The quantitative estimate of drug-likeness (QED) is 0.444. The molecule has 0 spiro atoms. The Labute approximate surface area is 158 Å². The molecule has 130 valence electrons. The van der Waals surface area contributed by atoms with Gasteiger partial charge in [-0.3, -0.25) is 4.99 Å². The van der Waals surface area contributed by atoms with Crippen LogP contribution in [0.5, 0.6) is 5.88 Å². The summed E-state index contributed by atoms with van der Waals surface area (Å²) < 4.78 is 11.1. The third-order valence-corrected chi connectivity index (χ3v) is 3.68. The number of nitrogens with one attached hydrogen (secondary N) is 1. The van der Waals surface area contributed by atoms with E-state index in [4.69, 9.17) is 9.26 Å². The smallest absolute Gasteiger partial charge is 0.213 e. The van der Waals surface area contributed by atoms with Gasteiger partial charge >= 0.3 is 0 Å². The van der Waals surface area contributed by atoms with Gasteiger partial charge in [0.2, 0.25) is 5.88 Å². The highest BCUT2D eigenvalue weighted by atomic mass is 127. The molecule has 1 aliphatic rings. The van der Waals surface area contributed by atoms with Crippen LogP contribution in [0.25, 0.3) is 0 Å². The average Bonchev–Trinajstić information content (AvgIpc) is 3.19. The summed E-state index contributed by atoms with van der Waals surface area (Å²) >= 11 is 0. The molecule has 0 aliphatic carbocycles. The van der Waals surface area contributed by atoms with Crippen molar-refractivity contribution in [1.29, 1.82) is 0 Å². The first-order valence-electron chi connectivity index (χ1n) is 7.70. The number of aliphatic imine (C=N–C) groups is 1. The van der Waals surface area contributed by atoms with Crippen molar-refractivity contribution in [2.75, 3.05) is 20.1 Å². The van der Waals surface area contributed by atoms with Gasteiger partial charge < -0.3 is 19.5 Å². The van der Waals surface area contributed by atoms with E-state index < -0.39 is 0 Å². The maximum absolute atomic E-state index is 5.90. The second-order valence-corrected chi connectivity index (χ2v) is 5.48. The third-order valence-electron chi connectivity index (χ3n) is 3.68. The molecule has 3 heterocycles. The highest BCUT2D eigenvalue weighted by Crippen LogP contribution is 2.16. The topological polar surface area (TPSA) is 75.8 Å². The van der Waals surface area contributed by atoms with Crippen LogP contribution in [0.15, 0.2) is 40.0 Å². The van der Waals surface area contributed by atoms with Crippen LogP contribution >= 0.6 is 24.0 Å². The second kappa shape index (κ2) is 8.86. The zero-order valence-electron chi connectivity index (χ0n) is 13.8. The number of guanidine groups is 1. The van der Waals surface area contributed by atoms with E-state index >= 15 is 0 Å². The van der Waals surface area contributed by atoms with Crippen molar-refractivity contribution in [3.8, 4) is 5.88 Å². The van der Waals surface area contributed by atoms with E-state index in [0.717, 1.165) is 36.9 Å². The molecule has 1 atom stereocenters. The summed E-state index contributed by atoms with van der Waals surface area (Å²) in [6, 6.07) is 7.60. The minimum absolute atomic E-state index is 0. The van der Waals surface area contributed by atoms with Crippen LogP contribution in [0.4, 0.5) is 0 Å². The predicted octanol–water partition coefficient (Wildman–Crippen LogP) is 2.22. The van der Waals surface area contributed by atoms with Crippen LogP contribution in [0.2, 0.25) is 0 Å². The van der Waals surface area contributed by atoms with E-state index in [9.17, 15) is 0 Å². The highest BCUT2D eigenvalue weighted by molar-refractivity contribution is 14.0. The summed E-state index contributed by atoms with van der Waals surface area (Å²) in [4.78, 5) is 10.7. The summed E-state index contributed by atoms with van der Waals surface area (Å²) in [6.07, 6.45) is 2.80. The van der Waals surface area contributed by atoms with E-state index in [1.807, 2.05) is 31.2 Å². The number of likely N-dealkylation sites (tertiary alicyclic amines) is 1. The van der Waals surface area contributed by atoms with Crippen molar-refractivity contribution < 1.29 is 9.26 Å². The lowest BCUT2D eigenvalue weighted by atomic mass is 10.3. The lowest BCUT2D eigenvalue weighted by Crippen LogP contribution is -2.40. The molecule has 0 radical (unpaired) electrons. The van der Waals surface area contributed by atoms with Crippen molar-refractivity contribution in [2.45, 2.75) is 26.0 Å². The zero-order chi connectivity index (χ0) is 16.1. The van der Waals surface area contributed by atoms with E-state index in [2.05, 4.69) is 25.3 Å². The molecule has 0 aromatic carbocycles. The van der Waals surface area contributed by atoms with E-state index in [0.29, 0.717) is 12.4 Å². The molecule has 1 N–H and O–H groups in total. The normalized spacial score (nSPS) is 17.5. The number of hydrogen-bond donors (Lipinski definition) is 1. The van der Waals surface area contributed by atoms with Gasteiger partial charge in [0, 0.05) is 38.3 Å². The van der Waals surface area contributed by atoms with Gasteiger partial charge in [0.05, 0.1) is 18.8 Å². The first-order chi connectivity index (χ1) is 11.2. The molecule has 0 bridgehead atoms. The molecule has 2 aromatic rings. The standard InChI is InChI=1S/C16H21N5O2.HI/c1-12-9-14(23-20-12)10-19-16(17-2)21-8-6-13(11-21)22-15-5-3-4-7-18-15;/h3-5,7,9,13H,6,8,10-11H2,1-2H3,(H,17,19);1H.